The van der Waals surface area contributed by atoms with Crippen molar-refractivity contribution in [2.75, 3.05) is 5.73 Å². The lowest BCUT2D eigenvalue weighted by atomic mass is 9.78. The van der Waals surface area contributed by atoms with Crippen LogP contribution in [0.15, 0.2) is 22.7 Å². The molecule has 0 aliphatic heterocycles. The summed E-state index contributed by atoms with van der Waals surface area (Å²) < 4.78 is 2.02. The first-order valence-electron chi connectivity index (χ1n) is 6.29. The van der Waals surface area contributed by atoms with Gasteiger partial charge in [-0.25, -0.2) is 0 Å². The van der Waals surface area contributed by atoms with E-state index in [0.29, 0.717) is 10.6 Å². The number of fused-ring (bicyclic) bond motifs is 1. The van der Waals surface area contributed by atoms with Gasteiger partial charge in [-0.2, -0.15) is 0 Å². The summed E-state index contributed by atoms with van der Waals surface area (Å²) in [4.78, 5) is 13.0. The van der Waals surface area contributed by atoms with Crippen LogP contribution in [0.2, 0.25) is 0 Å². The van der Waals surface area contributed by atoms with E-state index in [1.807, 2.05) is 18.2 Å². The maximum Gasteiger partial charge on any atom is 0.263 e. The van der Waals surface area contributed by atoms with Crippen LogP contribution in [0.3, 0.4) is 0 Å². The Morgan fingerprint density at radius 3 is 2.84 bits per heavy atom. The molecule has 0 spiro atoms. The summed E-state index contributed by atoms with van der Waals surface area (Å²) in [6.07, 6.45) is 3.29. The Morgan fingerprint density at radius 2 is 2.21 bits per heavy atom. The highest BCUT2D eigenvalue weighted by molar-refractivity contribution is 9.10. The minimum Gasteiger partial charge on any atom is -0.397 e. The SMILES string of the molecule is CC1(NC(=O)c2sc3ccc(Br)cc3c2N)CCC1. The third-order valence-electron chi connectivity index (χ3n) is 3.77. The minimum atomic E-state index is -0.0444. The zero-order chi connectivity index (χ0) is 13.6. The van der Waals surface area contributed by atoms with Crippen LogP contribution in [-0.4, -0.2) is 11.4 Å². The van der Waals surface area contributed by atoms with E-state index in [-0.39, 0.29) is 11.4 Å². The van der Waals surface area contributed by atoms with Crippen molar-refractivity contribution >= 4 is 48.9 Å². The number of halogens is 1. The Bertz CT molecular complexity index is 661. The average molecular weight is 339 g/mol. The Balaban J connectivity index is 1.96. The third-order valence-corrected chi connectivity index (χ3v) is 5.45. The number of hydrogen-bond donors (Lipinski definition) is 2. The summed E-state index contributed by atoms with van der Waals surface area (Å²) in [7, 11) is 0. The minimum absolute atomic E-state index is 0.0414. The van der Waals surface area contributed by atoms with Gasteiger partial charge in [0.1, 0.15) is 4.88 Å². The molecule has 3 nitrogen and oxygen atoms in total. The van der Waals surface area contributed by atoms with E-state index < -0.39 is 0 Å². The van der Waals surface area contributed by atoms with Gasteiger partial charge < -0.3 is 11.1 Å². The Morgan fingerprint density at radius 1 is 1.47 bits per heavy atom. The molecule has 3 N–H and O–H groups in total. The van der Waals surface area contributed by atoms with Gasteiger partial charge in [0.25, 0.3) is 5.91 Å². The van der Waals surface area contributed by atoms with Crippen molar-refractivity contribution in [3.05, 3.63) is 27.5 Å². The molecule has 3 rings (SSSR count). The zero-order valence-corrected chi connectivity index (χ0v) is 13.0. The standard InChI is InChI=1S/C14H15BrN2OS/c1-14(5-2-6-14)17-13(18)12-11(16)9-7-8(15)3-4-10(9)19-12/h3-4,7H,2,5-6,16H2,1H3,(H,17,18). The maximum atomic E-state index is 12.3. The summed E-state index contributed by atoms with van der Waals surface area (Å²) in [6, 6.07) is 5.92. The van der Waals surface area contributed by atoms with Gasteiger partial charge >= 0.3 is 0 Å². The maximum absolute atomic E-state index is 12.3. The summed E-state index contributed by atoms with van der Waals surface area (Å²) in [5.74, 6) is -0.0444. The fraction of sp³-hybridized carbons (Fsp3) is 0.357. The van der Waals surface area contributed by atoms with Gasteiger partial charge in [-0.05, 0) is 44.4 Å². The van der Waals surface area contributed by atoms with Gasteiger partial charge in [-0.15, -0.1) is 11.3 Å². The second kappa shape index (κ2) is 4.49. The lowest BCUT2D eigenvalue weighted by Gasteiger charge is -2.39. The van der Waals surface area contributed by atoms with Crippen LogP contribution >= 0.6 is 27.3 Å². The molecule has 1 aliphatic carbocycles. The molecule has 1 heterocycles. The van der Waals surface area contributed by atoms with Crippen LogP contribution in [0, 0.1) is 0 Å². The molecule has 1 aliphatic rings. The number of benzene rings is 1. The number of nitrogens with one attached hydrogen (secondary N) is 1. The van der Waals surface area contributed by atoms with Crippen molar-refractivity contribution in [1.29, 1.82) is 0 Å². The number of nitrogens with two attached hydrogens (primary N) is 1. The van der Waals surface area contributed by atoms with Crippen LogP contribution in [0.1, 0.15) is 35.9 Å². The van der Waals surface area contributed by atoms with E-state index in [2.05, 4.69) is 28.2 Å². The summed E-state index contributed by atoms with van der Waals surface area (Å²) in [6.45, 7) is 2.09. The van der Waals surface area contributed by atoms with E-state index in [0.717, 1.165) is 27.4 Å². The molecule has 1 aromatic heterocycles. The molecule has 19 heavy (non-hydrogen) atoms. The zero-order valence-electron chi connectivity index (χ0n) is 10.6. The quantitative estimate of drug-likeness (QED) is 0.871. The molecule has 1 aromatic carbocycles. The lowest BCUT2D eigenvalue weighted by Crippen LogP contribution is -2.50. The third kappa shape index (κ3) is 2.25. The molecule has 0 atom stereocenters. The van der Waals surface area contributed by atoms with Gasteiger partial charge in [0.2, 0.25) is 0 Å². The van der Waals surface area contributed by atoms with E-state index >= 15 is 0 Å². The molecule has 1 amide bonds. The molecule has 0 unspecified atom stereocenters. The molecule has 0 bridgehead atoms. The van der Waals surface area contributed by atoms with E-state index in [4.69, 9.17) is 5.73 Å². The second-order valence-corrected chi connectivity index (χ2v) is 7.32. The number of anilines is 1. The van der Waals surface area contributed by atoms with Gasteiger partial charge in [-0.1, -0.05) is 15.9 Å². The number of rotatable bonds is 2. The van der Waals surface area contributed by atoms with E-state index in [1.54, 1.807) is 0 Å². The molecule has 1 saturated carbocycles. The number of carbonyl (C=O) groups excluding carboxylic acids is 1. The average Bonchev–Trinajstić information content (AvgIpc) is 2.65. The first kappa shape index (κ1) is 12.9. The van der Waals surface area contributed by atoms with Gasteiger partial charge in [0.05, 0.1) is 5.69 Å². The predicted octanol–water partition coefficient (Wildman–Crippen LogP) is 3.92. The van der Waals surface area contributed by atoms with Crippen molar-refractivity contribution in [3.8, 4) is 0 Å². The summed E-state index contributed by atoms with van der Waals surface area (Å²) in [5, 5.41) is 4.05. The Labute approximate surface area is 124 Å². The van der Waals surface area contributed by atoms with Crippen LogP contribution < -0.4 is 11.1 Å². The monoisotopic (exact) mass is 338 g/mol. The van der Waals surface area contributed by atoms with Crippen LogP contribution in [0.25, 0.3) is 10.1 Å². The topological polar surface area (TPSA) is 55.1 Å². The first-order chi connectivity index (χ1) is 8.98. The largest absolute Gasteiger partial charge is 0.397 e. The fourth-order valence-electron chi connectivity index (χ4n) is 2.42. The van der Waals surface area contributed by atoms with Crippen molar-refractivity contribution < 1.29 is 4.79 Å². The number of amides is 1. The normalized spacial score (nSPS) is 17.2. The molecular weight excluding hydrogens is 324 g/mol. The van der Waals surface area contributed by atoms with Gasteiger partial charge in [-0.3, -0.25) is 4.79 Å². The molecular formula is C14H15BrN2OS. The molecule has 100 valence electrons. The molecule has 0 radical (unpaired) electrons. The highest BCUT2D eigenvalue weighted by atomic mass is 79.9. The number of hydrogen-bond acceptors (Lipinski definition) is 3. The molecule has 5 heteroatoms. The number of carbonyl (C=O) groups is 1. The summed E-state index contributed by atoms with van der Waals surface area (Å²) in [5.41, 5.74) is 6.66. The fourth-order valence-corrected chi connectivity index (χ4v) is 3.78. The van der Waals surface area contributed by atoms with Crippen molar-refractivity contribution in [3.63, 3.8) is 0 Å². The van der Waals surface area contributed by atoms with Gasteiger partial charge in [0.15, 0.2) is 0 Å². The number of nitrogen functional groups attached to an aromatic ring is 1. The Hall–Kier alpha value is -1.07. The molecule has 0 saturated heterocycles. The lowest BCUT2D eigenvalue weighted by molar-refractivity contribution is 0.0855. The van der Waals surface area contributed by atoms with Crippen molar-refractivity contribution in [2.45, 2.75) is 31.7 Å². The highest BCUT2D eigenvalue weighted by Gasteiger charge is 2.34. The van der Waals surface area contributed by atoms with E-state index in [1.165, 1.54) is 17.8 Å². The first-order valence-corrected chi connectivity index (χ1v) is 7.89. The predicted molar refractivity (Wildman–Crippen MR) is 83.7 cm³/mol. The summed E-state index contributed by atoms with van der Waals surface area (Å²) >= 11 is 4.89. The smallest absolute Gasteiger partial charge is 0.263 e. The molecule has 1 fully saturated rings. The van der Waals surface area contributed by atoms with Crippen molar-refractivity contribution in [1.82, 2.24) is 5.32 Å². The number of thiophene rings is 1. The van der Waals surface area contributed by atoms with Crippen molar-refractivity contribution in [2.24, 2.45) is 0 Å². The molecule has 2 aromatic rings. The highest BCUT2D eigenvalue weighted by Crippen LogP contribution is 2.37. The van der Waals surface area contributed by atoms with Crippen LogP contribution in [0.5, 0.6) is 0 Å². The second-order valence-electron chi connectivity index (χ2n) is 5.35. The van der Waals surface area contributed by atoms with Gasteiger partial charge in [0, 0.05) is 20.1 Å². The Kier molecular flexibility index (Phi) is 3.06. The van der Waals surface area contributed by atoms with Crippen LogP contribution in [0.4, 0.5) is 5.69 Å². The van der Waals surface area contributed by atoms with E-state index in [9.17, 15) is 4.79 Å². The van der Waals surface area contributed by atoms with Crippen LogP contribution in [-0.2, 0) is 0 Å².